The molecule has 0 aliphatic rings. The third kappa shape index (κ3) is 3.00. The number of nitrogens with zero attached hydrogens (tertiary/aromatic N) is 1. The van der Waals surface area contributed by atoms with E-state index in [4.69, 9.17) is 0 Å². The Balaban J connectivity index is 4.55. The largest absolute Gasteiger partial charge is 0.313 e. The summed E-state index contributed by atoms with van der Waals surface area (Å²) in [5.74, 6) is -0.300. The summed E-state index contributed by atoms with van der Waals surface area (Å²) < 4.78 is 13.1. The molecule has 0 saturated carbocycles. The Bertz CT molecular complexity index is 187. The second-order valence-corrected chi connectivity index (χ2v) is 2.37. The van der Waals surface area contributed by atoms with Crippen LogP contribution < -0.4 is 10.7 Å². The van der Waals surface area contributed by atoms with Gasteiger partial charge in [-0.15, -0.1) is 0 Å². The van der Waals surface area contributed by atoms with Gasteiger partial charge in [-0.2, -0.15) is 5.10 Å². The van der Waals surface area contributed by atoms with Crippen LogP contribution in [-0.4, -0.2) is 25.8 Å². The number of halogens is 1. The molecular formula is C8H16FN3. The first-order chi connectivity index (χ1) is 5.67. The fourth-order valence-corrected chi connectivity index (χ4v) is 0.762. The van der Waals surface area contributed by atoms with Crippen LogP contribution in [0.3, 0.4) is 0 Å². The maximum absolute atomic E-state index is 13.1. The topological polar surface area (TPSA) is 36.4 Å². The van der Waals surface area contributed by atoms with Crippen molar-refractivity contribution in [2.45, 2.75) is 19.9 Å². The Morgan fingerprint density at radius 3 is 2.42 bits per heavy atom. The normalized spacial score (nSPS) is 16.1. The van der Waals surface area contributed by atoms with E-state index >= 15 is 0 Å². The molecule has 1 unspecified atom stereocenters. The van der Waals surface area contributed by atoms with Crippen molar-refractivity contribution < 1.29 is 4.39 Å². The molecule has 12 heavy (non-hydrogen) atoms. The minimum atomic E-state index is -0.300. The fraction of sp³-hybridized carbons (Fsp3) is 0.625. The number of allylic oxidation sites excluding steroid dienone is 1. The summed E-state index contributed by atoms with van der Waals surface area (Å²) in [6.07, 6.45) is 1.39. The van der Waals surface area contributed by atoms with Gasteiger partial charge in [-0.3, -0.25) is 0 Å². The first kappa shape index (κ1) is 11.1. The summed E-state index contributed by atoms with van der Waals surface area (Å²) >= 11 is 0. The van der Waals surface area contributed by atoms with Crippen LogP contribution in [0.15, 0.2) is 17.0 Å². The SMILES string of the molecule is C/C=C(F)\C(=N\NC)C(C)NC. The predicted octanol–water partition coefficient (Wildman–Crippen LogP) is 1.04. The van der Waals surface area contributed by atoms with Gasteiger partial charge in [-0.25, -0.2) is 4.39 Å². The Hall–Kier alpha value is -0.900. The number of hydrogen-bond donors (Lipinski definition) is 2. The summed E-state index contributed by atoms with van der Waals surface area (Å²) in [4.78, 5) is 0. The molecular weight excluding hydrogens is 157 g/mol. The van der Waals surface area contributed by atoms with Crippen molar-refractivity contribution in [2.24, 2.45) is 5.10 Å². The maximum atomic E-state index is 13.1. The molecule has 0 amide bonds. The molecule has 1 atom stereocenters. The van der Waals surface area contributed by atoms with Gasteiger partial charge in [-0.1, -0.05) is 0 Å². The van der Waals surface area contributed by atoms with E-state index in [2.05, 4.69) is 15.8 Å². The van der Waals surface area contributed by atoms with Gasteiger partial charge in [0.25, 0.3) is 0 Å². The zero-order valence-corrected chi connectivity index (χ0v) is 7.98. The van der Waals surface area contributed by atoms with Crippen LogP contribution in [0, 0.1) is 0 Å². The lowest BCUT2D eigenvalue weighted by Gasteiger charge is -2.11. The molecule has 0 aliphatic heterocycles. The fourth-order valence-electron chi connectivity index (χ4n) is 0.762. The quantitative estimate of drug-likeness (QED) is 0.492. The molecule has 0 aromatic carbocycles. The molecule has 4 heteroatoms. The smallest absolute Gasteiger partial charge is 0.143 e. The van der Waals surface area contributed by atoms with Crippen molar-refractivity contribution in [2.75, 3.05) is 14.1 Å². The van der Waals surface area contributed by atoms with E-state index < -0.39 is 0 Å². The van der Waals surface area contributed by atoms with E-state index in [0.29, 0.717) is 5.71 Å². The molecule has 0 spiro atoms. The van der Waals surface area contributed by atoms with Crippen molar-refractivity contribution in [1.29, 1.82) is 0 Å². The Morgan fingerprint density at radius 1 is 1.50 bits per heavy atom. The van der Waals surface area contributed by atoms with Gasteiger partial charge >= 0.3 is 0 Å². The minimum Gasteiger partial charge on any atom is -0.313 e. The van der Waals surface area contributed by atoms with E-state index in [1.165, 1.54) is 6.08 Å². The summed E-state index contributed by atoms with van der Waals surface area (Å²) in [5, 5.41) is 6.74. The number of rotatable bonds is 4. The number of nitrogens with one attached hydrogen (secondary N) is 2. The molecule has 0 aromatic rings. The summed E-state index contributed by atoms with van der Waals surface area (Å²) in [7, 11) is 3.41. The Morgan fingerprint density at radius 2 is 2.08 bits per heavy atom. The van der Waals surface area contributed by atoms with Crippen molar-refractivity contribution in [1.82, 2.24) is 10.7 Å². The highest BCUT2D eigenvalue weighted by Gasteiger charge is 2.12. The van der Waals surface area contributed by atoms with Crippen molar-refractivity contribution in [3.63, 3.8) is 0 Å². The second kappa shape index (κ2) is 5.71. The molecule has 0 heterocycles. The number of hydrogen-bond acceptors (Lipinski definition) is 3. The van der Waals surface area contributed by atoms with E-state index in [9.17, 15) is 4.39 Å². The van der Waals surface area contributed by atoms with Crippen molar-refractivity contribution in [3.8, 4) is 0 Å². The van der Waals surface area contributed by atoms with Crippen LogP contribution in [0.2, 0.25) is 0 Å². The minimum absolute atomic E-state index is 0.0892. The average molecular weight is 173 g/mol. The van der Waals surface area contributed by atoms with Crippen molar-refractivity contribution in [3.05, 3.63) is 11.9 Å². The molecule has 70 valence electrons. The zero-order chi connectivity index (χ0) is 9.56. The third-order valence-corrected chi connectivity index (χ3v) is 1.57. The van der Waals surface area contributed by atoms with E-state index in [0.717, 1.165) is 0 Å². The van der Waals surface area contributed by atoms with Crippen LogP contribution >= 0.6 is 0 Å². The van der Waals surface area contributed by atoms with Gasteiger partial charge in [-0.05, 0) is 27.0 Å². The van der Waals surface area contributed by atoms with Gasteiger partial charge < -0.3 is 10.7 Å². The zero-order valence-electron chi connectivity index (χ0n) is 7.98. The molecule has 0 aromatic heterocycles. The van der Waals surface area contributed by atoms with Gasteiger partial charge in [0.05, 0.1) is 6.04 Å². The van der Waals surface area contributed by atoms with Crippen LogP contribution in [0.5, 0.6) is 0 Å². The Labute approximate surface area is 72.7 Å². The van der Waals surface area contributed by atoms with Gasteiger partial charge in [0.2, 0.25) is 0 Å². The average Bonchev–Trinajstić information content (AvgIpc) is 2.11. The van der Waals surface area contributed by atoms with E-state index in [-0.39, 0.29) is 11.9 Å². The summed E-state index contributed by atoms with van der Waals surface area (Å²) in [6.45, 7) is 3.49. The molecule has 0 rings (SSSR count). The van der Waals surface area contributed by atoms with Gasteiger partial charge in [0.1, 0.15) is 11.5 Å². The highest BCUT2D eigenvalue weighted by molar-refractivity contribution is 6.01. The molecule has 0 fully saturated rings. The standard InChI is InChI=1S/C8H16FN3/c1-5-7(9)8(12-11-4)6(2)10-3/h5-6,10-11H,1-4H3/b7-5+,12-8+. The molecule has 0 bridgehead atoms. The van der Waals surface area contributed by atoms with E-state index in [1.54, 1.807) is 21.0 Å². The number of hydrazone groups is 1. The van der Waals surface area contributed by atoms with Crippen LogP contribution in [0.25, 0.3) is 0 Å². The Kier molecular flexibility index (Phi) is 5.28. The lowest BCUT2D eigenvalue weighted by atomic mass is 10.2. The highest BCUT2D eigenvalue weighted by atomic mass is 19.1. The first-order valence-corrected chi connectivity index (χ1v) is 3.91. The molecule has 0 aliphatic carbocycles. The monoisotopic (exact) mass is 173 g/mol. The lowest BCUT2D eigenvalue weighted by Crippen LogP contribution is -2.32. The van der Waals surface area contributed by atoms with Gasteiger partial charge in [0, 0.05) is 7.05 Å². The van der Waals surface area contributed by atoms with Crippen LogP contribution in [0.4, 0.5) is 4.39 Å². The molecule has 0 saturated heterocycles. The van der Waals surface area contributed by atoms with E-state index in [1.807, 2.05) is 6.92 Å². The predicted molar refractivity (Wildman–Crippen MR) is 49.9 cm³/mol. The molecule has 2 N–H and O–H groups in total. The second-order valence-electron chi connectivity index (χ2n) is 2.37. The van der Waals surface area contributed by atoms with Crippen LogP contribution in [0.1, 0.15) is 13.8 Å². The van der Waals surface area contributed by atoms with Crippen molar-refractivity contribution >= 4 is 5.71 Å². The summed E-state index contributed by atoms with van der Waals surface area (Å²) in [5.41, 5.74) is 2.96. The lowest BCUT2D eigenvalue weighted by molar-refractivity contribution is 0.648. The first-order valence-electron chi connectivity index (χ1n) is 3.91. The van der Waals surface area contributed by atoms with Gasteiger partial charge in [0.15, 0.2) is 0 Å². The molecule has 3 nitrogen and oxygen atoms in total. The maximum Gasteiger partial charge on any atom is 0.143 e. The molecule has 0 radical (unpaired) electrons. The van der Waals surface area contributed by atoms with Crippen LogP contribution in [-0.2, 0) is 0 Å². The summed E-state index contributed by atoms with van der Waals surface area (Å²) in [6, 6.07) is -0.0892. The third-order valence-electron chi connectivity index (χ3n) is 1.57. The highest BCUT2D eigenvalue weighted by Crippen LogP contribution is 2.03.